The summed E-state index contributed by atoms with van der Waals surface area (Å²) in [6.45, 7) is 11.3. The molecule has 0 aliphatic carbocycles. The molecule has 1 amide bonds. The first kappa shape index (κ1) is 19.5. The molecule has 1 aliphatic rings. The standard InChI is InChI=1S/C21H29FN4O/c1-14(2)20-13-25(12-19-15(3)23-24-16(19)4)10-9-21(27)26(20)11-17-5-7-18(22)8-6-17/h5-8,14,20H,9-13H2,1-4H3,(H,23,24)/t20-/m0/s1. The van der Waals surface area contributed by atoms with Gasteiger partial charge in [0.2, 0.25) is 5.91 Å². The number of H-pyrrole nitrogens is 1. The second-order valence-corrected chi connectivity index (χ2v) is 7.86. The van der Waals surface area contributed by atoms with E-state index in [1.54, 1.807) is 12.1 Å². The molecule has 5 nitrogen and oxygen atoms in total. The third-order valence-corrected chi connectivity index (χ3v) is 5.51. The van der Waals surface area contributed by atoms with Crippen LogP contribution in [0.4, 0.5) is 4.39 Å². The molecular formula is C21H29FN4O. The summed E-state index contributed by atoms with van der Waals surface area (Å²) < 4.78 is 13.2. The molecule has 0 saturated carbocycles. The lowest BCUT2D eigenvalue weighted by Gasteiger charge is -2.35. The Kier molecular flexibility index (Phi) is 5.95. The molecule has 1 fully saturated rings. The number of aromatic nitrogens is 2. The van der Waals surface area contributed by atoms with E-state index in [0.29, 0.717) is 18.9 Å². The SMILES string of the molecule is Cc1n[nH]c(C)c1CN1CCC(=O)N(Cc2ccc(F)cc2)[C@H](C(C)C)C1. The molecule has 6 heteroatoms. The Balaban J connectivity index is 1.79. The van der Waals surface area contributed by atoms with Crippen molar-refractivity contribution in [1.82, 2.24) is 20.0 Å². The molecule has 1 atom stereocenters. The van der Waals surface area contributed by atoms with E-state index in [1.165, 1.54) is 17.7 Å². The molecule has 0 unspecified atom stereocenters. The number of aromatic amines is 1. The number of benzene rings is 1. The van der Waals surface area contributed by atoms with Gasteiger partial charge in [-0.05, 0) is 37.5 Å². The smallest absolute Gasteiger partial charge is 0.224 e. The van der Waals surface area contributed by atoms with Gasteiger partial charge in [-0.1, -0.05) is 26.0 Å². The topological polar surface area (TPSA) is 52.2 Å². The number of halogens is 1. The summed E-state index contributed by atoms with van der Waals surface area (Å²) in [5.41, 5.74) is 4.29. The second-order valence-electron chi connectivity index (χ2n) is 7.86. The van der Waals surface area contributed by atoms with E-state index in [9.17, 15) is 9.18 Å². The van der Waals surface area contributed by atoms with Crippen molar-refractivity contribution in [3.8, 4) is 0 Å². The number of rotatable bonds is 5. The van der Waals surface area contributed by atoms with Crippen molar-refractivity contribution in [2.24, 2.45) is 5.92 Å². The molecular weight excluding hydrogens is 343 g/mol. The zero-order valence-corrected chi connectivity index (χ0v) is 16.6. The first-order chi connectivity index (χ1) is 12.8. The van der Waals surface area contributed by atoms with Gasteiger partial charge < -0.3 is 4.90 Å². The van der Waals surface area contributed by atoms with E-state index < -0.39 is 0 Å². The Morgan fingerprint density at radius 3 is 2.52 bits per heavy atom. The summed E-state index contributed by atoms with van der Waals surface area (Å²) in [6.07, 6.45) is 0.500. The Labute approximate surface area is 160 Å². The van der Waals surface area contributed by atoms with Crippen molar-refractivity contribution in [3.63, 3.8) is 0 Å². The summed E-state index contributed by atoms with van der Waals surface area (Å²) >= 11 is 0. The van der Waals surface area contributed by atoms with Crippen molar-refractivity contribution in [2.45, 2.75) is 53.2 Å². The summed E-state index contributed by atoms with van der Waals surface area (Å²) in [4.78, 5) is 17.2. The largest absolute Gasteiger partial charge is 0.334 e. The van der Waals surface area contributed by atoms with Crippen molar-refractivity contribution >= 4 is 5.91 Å². The van der Waals surface area contributed by atoms with Crippen LogP contribution in [0.15, 0.2) is 24.3 Å². The van der Waals surface area contributed by atoms with Gasteiger partial charge in [0.25, 0.3) is 0 Å². The van der Waals surface area contributed by atoms with Crippen LogP contribution in [0.25, 0.3) is 0 Å². The first-order valence-electron chi connectivity index (χ1n) is 9.62. The monoisotopic (exact) mass is 372 g/mol. The Morgan fingerprint density at radius 1 is 1.22 bits per heavy atom. The van der Waals surface area contributed by atoms with Crippen molar-refractivity contribution in [1.29, 1.82) is 0 Å². The van der Waals surface area contributed by atoms with Gasteiger partial charge in [-0.25, -0.2) is 4.39 Å². The fourth-order valence-electron chi connectivity index (χ4n) is 3.77. The lowest BCUT2D eigenvalue weighted by atomic mass is 10.0. The molecule has 0 radical (unpaired) electrons. The zero-order chi connectivity index (χ0) is 19.6. The van der Waals surface area contributed by atoms with Crippen LogP contribution in [0, 0.1) is 25.6 Å². The first-order valence-corrected chi connectivity index (χ1v) is 9.62. The lowest BCUT2D eigenvalue weighted by molar-refractivity contribution is -0.134. The molecule has 2 aromatic rings. The molecule has 27 heavy (non-hydrogen) atoms. The fourth-order valence-corrected chi connectivity index (χ4v) is 3.77. The number of carbonyl (C=O) groups excluding carboxylic acids is 1. The maximum atomic E-state index is 13.2. The van der Waals surface area contributed by atoms with Gasteiger partial charge >= 0.3 is 0 Å². The molecule has 1 saturated heterocycles. The third-order valence-electron chi connectivity index (χ3n) is 5.51. The lowest BCUT2D eigenvalue weighted by Crippen LogP contribution is -2.45. The number of nitrogens with one attached hydrogen (secondary N) is 1. The quantitative estimate of drug-likeness (QED) is 0.875. The van der Waals surface area contributed by atoms with Gasteiger partial charge in [0, 0.05) is 49.9 Å². The number of hydrogen-bond donors (Lipinski definition) is 1. The number of amides is 1. The molecule has 1 aromatic heterocycles. The van der Waals surface area contributed by atoms with E-state index in [2.05, 4.69) is 28.9 Å². The minimum absolute atomic E-state index is 0.123. The van der Waals surface area contributed by atoms with E-state index in [-0.39, 0.29) is 17.8 Å². The minimum atomic E-state index is -0.252. The average Bonchev–Trinajstić information content (AvgIpc) is 2.85. The fraction of sp³-hybridized carbons (Fsp3) is 0.524. The van der Waals surface area contributed by atoms with E-state index in [4.69, 9.17) is 0 Å². The summed E-state index contributed by atoms with van der Waals surface area (Å²) in [5, 5.41) is 7.34. The van der Waals surface area contributed by atoms with Crippen LogP contribution < -0.4 is 0 Å². The van der Waals surface area contributed by atoms with Crippen LogP contribution in [0.5, 0.6) is 0 Å². The Morgan fingerprint density at radius 2 is 1.93 bits per heavy atom. The highest BCUT2D eigenvalue weighted by atomic mass is 19.1. The Hall–Kier alpha value is -2.21. The highest BCUT2D eigenvalue weighted by molar-refractivity contribution is 5.77. The van der Waals surface area contributed by atoms with E-state index in [0.717, 1.165) is 36.6 Å². The van der Waals surface area contributed by atoms with Gasteiger partial charge in [0.05, 0.1) is 5.69 Å². The molecule has 2 heterocycles. The molecule has 1 aromatic carbocycles. The average molecular weight is 372 g/mol. The maximum Gasteiger partial charge on any atom is 0.224 e. The minimum Gasteiger partial charge on any atom is -0.334 e. The normalized spacial score (nSPS) is 19.0. The molecule has 3 rings (SSSR count). The van der Waals surface area contributed by atoms with Crippen LogP contribution >= 0.6 is 0 Å². The molecule has 0 spiro atoms. The predicted molar refractivity (Wildman–Crippen MR) is 104 cm³/mol. The number of hydrogen-bond acceptors (Lipinski definition) is 3. The van der Waals surface area contributed by atoms with E-state index >= 15 is 0 Å². The Bertz CT molecular complexity index is 764. The predicted octanol–water partition coefficient (Wildman–Crippen LogP) is 3.42. The number of aryl methyl sites for hydroxylation is 2. The zero-order valence-electron chi connectivity index (χ0n) is 16.6. The summed E-state index contributed by atoms with van der Waals surface area (Å²) in [7, 11) is 0. The van der Waals surface area contributed by atoms with Crippen LogP contribution in [0.2, 0.25) is 0 Å². The van der Waals surface area contributed by atoms with Crippen LogP contribution in [-0.2, 0) is 17.9 Å². The van der Waals surface area contributed by atoms with Crippen molar-refractivity contribution in [2.75, 3.05) is 13.1 Å². The third kappa shape index (κ3) is 4.56. The summed E-state index contributed by atoms with van der Waals surface area (Å²) in [5.74, 6) is 0.251. The van der Waals surface area contributed by atoms with Crippen LogP contribution in [0.1, 0.15) is 42.8 Å². The molecule has 1 N–H and O–H groups in total. The van der Waals surface area contributed by atoms with Crippen LogP contribution in [-0.4, -0.2) is 45.0 Å². The molecule has 0 bridgehead atoms. The summed E-state index contributed by atoms with van der Waals surface area (Å²) in [6, 6.07) is 6.57. The second kappa shape index (κ2) is 8.21. The maximum absolute atomic E-state index is 13.2. The van der Waals surface area contributed by atoms with Crippen LogP contribution in [0.3, 0.4) is 0 Å². The number of nitrogens with zero attached hydrogens (tertiary/aromatic N) is 3. The van der Waals surface area contributed by atoms with Gasteiger partial charge in [-0.2, -0.15) is 5.10 Å². The van der Waals surface area contributed by atoms with E-state index in [1.807, 2.05) is 18.7 Å². The number of carbonyl (C=O) groups is 1. The molecule has 1 aliphatic heterocycles. The van der Waals surface area contributed by atoms with Crippen molar-refractivity contribution < 1.29 is 9.18 Å². The highest BCUT2D eigenvalue weighted by Gasteiger charge is 2.32. The highest BCUT2D eigenvalue weighted by Crippen LogP contribution is 2.23. The molecule has 146 valence electrons. The van der Waals surface area contributed by atoms with Gasteiger partial charge in [-0.3, -0.25) is 14.8 Å². The van der Waals surface area contributed by atoms with Gasteiger partial charge in [-0.15, -0.1) is 0 Å². The van der Waals surface area contributed by atoms with Crippen molar-refractivity contribution in [3.05, 3.63) is 52.6 Å². The van der Waals surface area contributed by atoms with Gasteiger partial charge in [0.15, 0.2) is 0 Å². The van der Waals surface area contributed by atoms with Gasteiger partial charge in [0.1, 0.15) is 5.82 Å².